The van der Waals surface area contributed by atoms with Crippen LogP contribution in [-0.2, 0) is 4.74 Å². The molecule has 4 heteroatoms. The highest BCUT2D eigenvalue weighted by atomic mass is 16.5. The molecule has 0 saturated heterocycles. The molecular weight excluding hydrogens is 192 g/mol. The van der Waals surface area contributed by atoms with Crippen LogP contribution in [0.3, 0.4) is 0 Å². The van der Waals surface area contributed by atoms with Crippen molar-refractivity contribution < 1.29 is 9.53 Å². The largest absolute Gasteiger partial charge is 0.453 e. The molecule has 0 atom stereocenters. The number of aryl methyl sites for hydroxylation is 1. The Morgan fingerprint density at radius 3 is 2.60 bits per heavy atom. The Balaban J connectivity index is 2.92. The number of nitrogens with one attached hydrogen (secondary N) is 1. The van der Waals surface area contributed by atoms with E-state index in [4.69, 9.17) is 0 Å². The Morgan fingerprint density at radius 1 is 1.40 bits per heavy atom. The van der Waals surface area contributed by atoms with Gasteiger partial charge in [0.05, 0.1) is 7.11 Å². The Hall–Kier alpha value is -1.71. The number of hydrogen-bond acceptors (Lipinski definition) is 3. The molecule has 82 valence electrons. The van der Waals surface area contributed by atoms with E-state index in [1.54, 1.807) is 0 Å². The van der Waals surface area contributed by atoms with E-state index in [2.05, 4.69) is 10.1 Å². The van der Waals surface area contributed by atoms with Crippen molar-refractivity contribution in [3.63, 3.8) is 0 Å². The minimum atomic E-state index is -0.455. The van der Waals surface area contributed by atoms with Gasteiger partial charge in [0, 0.05) is 25.5 Å². The Bertz CT molecular complexity index is 362. The summed E-state index contributed by atoms with van der Waals surface area (Å²) in [6, 6.07) is 5.71. The van der Waals surface area contributed by atoms with Gasteiger partial charge >= 0.3 is 6.09 Å². The Labute approximate surface area is 89.8 Å². The summed E-state index contributed by atoms with van der Waals surface area (Å²) in [4.78, 5) is 13.0. The van der Waals surface area contributed by atoms with Crippen LogP contribution in [0.4, 0.5) is 16.2 Å². The second-order valence-electron chi connectivity index (χ2n) is 3.51. The molecule has 0 aromatic heterocycles. The number of nitrogens with zero attached hydrogens (tertiary/aromatic N) is 1. The summed E-state index contributed by atoms with van der Waals surface area (Å²) in [5, 5.41) is 2.63. The number of ether oxygens (including phenoxy) is 1. The molecule has 1 N–H and O–H groups in total. The van der Waals surface area contributed by atoms with Gasteiger partial charge in [-0.2, -0.15) is 0 Å². The van der Waals surface area contributed by atoms with Gasteiger partial charge in [0.1, 0.15) is 0 Å². The van der Waals surface area contributed by atoms with E-state index < -0.39 is 6.09 Å². The summed E-state index contributed by atoms with van der Waals surface area (Å²) in [6.07, 6.45) is -0.455. The molecule has 1 rings (SSSR count). The van der Waals surface area contributed by atoms with Gasteiger partial charge < -0.3 is 9.64 Å². The predicted molar refractivity (Wildman–Crippen MR) is 61.5 cm³/mol. The molecule has 0 aliphatic heterocycles. The van der Waals surface area contributed by atoms with Gasteiger partial charge in [0.25, 0.3) is 0 Å². The van der Waals surface area contributed by atoms with Crippen molar-refractivity contribution in [2.45, 2.75) is 6.92 Å². The molecule has 0 radical (unpaired) electrons. The van der Waals surface area contributed by atoms with E-state index in [1.807, 2.05) is 44.1 Å². The normalized spacial score (nSPS) is 9.60. The minimum Gasteiger partial charge on any atom is -0.453 e. The molecule has 0 saturated carbocycles. The van der Waals surface area contributed by atoms with Crippen LogP contribution in [0.25, 0.3) is 0 Å². The molecule has 1 amide bonds. The Kier molecular flexibility index (Phi) is 3.55. The number of anilines is 2. The zero-order valence-electron chi connectivity index (χ0n) is 9.50. The molecule has 0 aliphatic rings. The summed E-state index contributed by atoms with van der Waals surface area (Å²) >= 11 is 0. The van der Waals surface area contributed by atoms with Crippen molar-refractivity contribution in [3.8, 4) is 0 Å². The lowest BCUT2D eigenvalue weighted by atomic mass is 10.1. The molecule has 0 heterocycles. The zero-order valence-corrected chi connectivity index (χ0v) is 9.50. The third-order valence-electron chi connectivity index (χ3n) is 2.12. The molecule has 0 aliphatic carbocycles. The summed E-state index contributed by atoms with van der Waals surface area (Å²) in [5.74, 6) is 0. The molecule has 0 bridgehead atoms. The quantitative estimate of drug-likeness (QED) is 0.810. The van der Waals surface area contributed by atoms with E-state index >= 15 is 0 Å². The summed E-state index contributed by atoms with van der Waals surface area (Å²) < 4.78 is 4.52. The number of methoxy groups -OCH3 is 1. The van der Waals surface area contributed by atoms with Gasteiger partial charge in [-0.05, 0) is 24.6 Å². The van der Waals surface area contributed by atoms with Crippen LogP contribution in [0.15, 0.2) is 18.2 Å². The highest BCUT2D eigenvalue weighted by Gasteiger charge is 2.04. The monoisotopic (exact) mass is 208 g/mol. The molecule has 15 heavy (non-hydrogen) atoms. The number of carbonyl (C=O) groups is 1. The van der Waals surface area contributed by atoms with Gasteiger partial charge in [-0.25, -0.2) is 4.79 Å². The minimum absolute atomic E-state index is 0.455. The highest BCUT2D eigenvalue weighted by molar-refractivity contribution is 5.85. The van der Waals surface area contributed by atoms with Crippen LogP contribution in [0.5, 0.6) is 0 Å². The molecule has 0 fully saturated rings. The maximum atomic E-state index is 11.0. The Morgan fingerprint density at radius 2 is 2.07 bits per heavy atom. The number of benzene rings is 1. The van der Waals surface area contributed by atoms with Crippen LogP contribution >= 0.6 is 0 Å². The van der Waals surface area contributed by atoms with E-state index in [0.717, 1.165) is 16.9 Å². The van der Waals surface area contributed by atoms with Gasteiger partial charge in [-0.3, -0.25) is 5.32 Å². The molecule has 0 spiro atoms. The number of rotatable bonds is 2. The predicted octanol–water partition coefficient (Wildman–Crippen LogP) is 2.24. The van der Waals surface area contributed by atoms with Crippen LogP contribution in [-0.4, -0.2) is 27.3 Å². The van der Waals surface area contributed by atoms with Crippen molar-refractivity contribution in [1.29, 1.82) is 0 Å². The summed E-state index contributed by atoms with van der Waals surface area (Å²) in [6.45, 7) is 2.03. The van der Waals surface area contributed by atoms with Crippen molar-refractivity contribution in [2.24, 2.45) is 0 Å². The van der Waals surface area contributed by atoms with Crippen LogP contribution < -0.4 is 10.2 Å². The zero-order chi connectivity index (χ0) is 11.4. The van der Waals surface area contributed by atoms with Crippen LogP contribution in [0.2, 0.25) is 0 Å². The maximum absolute atomic E-state index is 11.0. The maximum Gasteiger partial charge on any atom is 0.411 e. The smallest absolute Gasteiger partial charge is 0.411 e. The second-order valence-corrected chi connectivity index (χ2v) is 3.51. The van der Waals surface area contributed by atoms with Gasteiger partial charge in [0.2, 0.25) is 0 Å². The lowest BCUT2D eigenvalue weighted by Gasteiger charge is -2.16. The summed E-state index contributed by atoms with van der Waals surface area (Å²) in [5.41, 5.74) is 2.97. The first-order chi connectivity index (χ1) is 7.04. The molecule has 4 nitrogen and oxygen atoms in total. The fraction of sp³-hybridized carbons (Fsp3) is 0.364. The third kappa shape index (κ3) is 2.87. The van der Waals surface area contributed by atoms with E-state index in [9.17, 15) is 4.79 Å². The highest BCUT2D eigenvalue weighted by Crippen LogP contribution is 2.22. The van der Waals surface area contributed by atoms with E-state index in [-0.39, 0.29) is 0 Å². The summed E-state index contributed by atoms with van der Waals surface area (Å²) in [7, 11) is 5.27. The number of carbonyl (C=O) groups excluding carboxylic acids is 1. The molecule has 1 aromatic carbocycles. The first kappa shape index (κ1) is 11.4. The standard InChI is InChI=1S/C11H16N2O2/c1-8-5-6-9(12-11(14)15-4)7-10(8)13(2)3/h5-7H,1-4H3,(H,12,14). The topological polar surface area (TPSA) is 41.6 Å². The lowest BCUT2D eigenvalue weighted by Crippen LogP contribution is -2.13. The molecule has 1 aromatic rings. The first-order valence-electron chi connectivity index (χ1n) is 4.67. The SMILES string of the molecule is COC(=O)Nc1ccc(C)c(N(C)C)c1. The van der Waals surface area contributed by atoms with Gasteiger partial charge in [0.15, 0.2) is 0 Å². The average molecular weight is 208 g/mol. The molecule has 0 unspecified atom stereocenters. The van der Waals surface area contributed by atoms with Crippen molar-refractivity contribution >= 4 is 17.5 Å². The third-order valence-corrected chi connectivity index (χ3v) is 2.12. The van der Waals surface area contributed by atoms with Gasteiger partial charge in [-0.1, -0.05) is 6.07 Å². The van der Waals surface area contributed by atoms with E-state index in [1.165, 1.54) is 7.11 Å². The van der Waals surface area contributed by atoms with E-state index in [0.29, 0.717) is 0 Å². The average Bonchev–Trinajstić information content (AvgIpc) is 2.20. The second kappa shape index (κ2) is 4.68. The molecular formula is C11H16N2O2. The fourth-order valence-corrected chi connectivity index (χ4v) is 1.34. The number of amides is 1. The van der Waals surface area contributed by atoms with Crippen LogP contribution in [0.1, 0.15) is 5.56 Å². The van der Waals surface area contributed by atoms with Crippen LogP contribution in [0, 0.1) is 6.92 Å². The van der Waals surface area contributed by atoms with Crippen molar-refractivity contribution in [1.82, 2.24) is 0 Å². The first-order valence-corrected chi connectivity index (χ1v) is 4.67. The van der Waals surface area contributed by atoms with Crippen molar-refractivity contribution in [3.05, 3.63) is 23.8 Å². The lowest BCUT2D eigenvalue weighted by molar-refractivity contribution is 0.187. The fourth-order valence-electron chi connectivity index (χ4n) is 1.34. The van der Waals surface area contributed by atoms with Crippen molar-refractivity contribution in [2.75, 3.05) is 31.4 Å². The number of hydrogen-bond donors (Lipinski definition) is 1. The van der Waals surface area contributed by atoms with Gasteiger partial charge in [-0.15, -0.1) is 0 Å².